The van der Waals surface area contributed by atoms with Crippen LogP contribution in [0.25, 0.3) is 0 Å². The van der Waals surface area contributed by atoms with Gasteiger partial charge in [0.2, 0.25) is 0 Å². The predicted octanol–water partition coefficient (Wildman–Crippen LogP) is 1.16. The van der Waals surface area contributed by atoms with E-state index in [4.69, 9.17) is 10.6 Å². The lowest BCUT2D eigenvalue weighted by molar-refractivity contribution is 0.102. The van der Waals surface area contributed by atoms with E-state index in [0.29, 0.717) is 11.5 Å². The number of nitrogens with one attached hydrogen (secondary N) is 2. The molecule has 0 radical (unpaired) electrons. The highest BCUT2D eigenvalue weighted by atomic mass is 19.1. The number of anilines is 2. The van der Waals surface area contributed by atoms with Crippen LogP contribution in [0.4, 0.5) is 15.9 Å². The molecular weight excluding hydrogens is 265 g/mol. The van der Waals surface area contributed by atoms with E-state index < -0.39 is 11.7 Å². The standard InChI is InChI=1S/C12H12FN5O2/c1-20-10-6-7(13)2-3-8(10)15-12(19)9-4-5-11(16-14)18-17-9/h2-6H,14H2,1H3,(H,15,19)(H,16,18). The second-order valence-electron chi connectivity index (χ2n) is 3.75. The predicted molar refractivity (Wildman–Crippen MR) is 70.7 cm³/mol. The molecule has 0 spiro atoms. The summed E-state index contributed by atoms with van der Waals surface area (Å²) in [4.78, 5) is 12.0. The number of rotatable bonds is 4. The molecule has 0 aliphatic heterocycles. The molecule has 0 saturated carbocycles. The molecule has 1 aromatic heterocycles. The molecule has 104 valence electrons. The van der Waals surface area contributed by atoms with Crippen molar-refractivity contribution in [2.24, 2.45) is 5.84 Å². The van der Waals surface area contributed by atoms with Gasteiger partial charge in [0, 0.05) is 6.07 Å². The Morgan fingerprint density at radius 2 is 2.10 bits per heavy atom. The molecule has 20 heavy (non-hydrogen) atoms. The molecule has 2 rings (SSSR count). The fourth-order valence-electron chi connectivity index (χ4n) is 1.49. The van der Waals surface area contributed by atoms with E-state index in [0.717, 1.165) is 0 Å². The zero-order valence-corrected chi connectivity index (χ0v) is 10.6. The number of methoxy groups -OCH3 is 1. The molecule has 0 aliphatic carbocycles. The van der Waals surface area contributed by atoms with Crippen LogP contribution in [-0.4, -0.2) is 23.2 Å². The summed E-state index contributed by atoms with van der Waals surface area (Å²) >= 11 is 0. The van der Waals surface area contributed by atoms with Crippen LogP contribution in [0.15, 0.2) is 30.3 Å². The van der Waals surface area contributed by atoms with Gasteiger partial charge in [0.1, 0.15) is 11.6 Å². The number of hydrazine groups is 1. The Labute approximate surface area is 113 Å². The molecule has 0 aliphatic rings. The summed E-state index contributed by atoms with van der Waals surface area (Å²) in [5.41, 5.74) is 2.73. The molecule has 0 saturated heterocycles. The van der Waals surface area contributed by atoms with Crippen molar-refractivity contribution in [3.8, 4) is 5.75 Å². The Hall–Kier alpha value is -2.74. The minimum absolute atomic E-state index is 0.0929. The van der Waals surface area contributed by atoms with Gasteiger partial charge in [-0.25, -0.2) is 10.2 Å². The van der Waals surface area contributed by atoms with Crippen LogP contribution in [0.2, 0.25) is 0 Å². The quantitative estimate of drug-likeness (QED) is 0.572. The first kappa shape index (κ1) is 13.7. The lowest BCUT2D eigenvalue weighted by Gasteiger charge is -2.09. The number of benzene rings is 1. The first-order chi connectivity index (χ1) is 9.63. The first-order valence-corrected chi connectivity index (χ1v) is 5.59. The minimum Gasteiger partial charge on any atom is -0.494 e. The number of hydrogen-bond donors (Lipinski definition) is 3. The van der Waals surface area contributed by atoms with E-state index in [1.54, 1.807) is 0 Å². The van der Waals surface area contributed by atoms with Crippen molar-refractivity contribution in [1.82, 2.24) is 10.2 Å². The Balaban J connectivity index is 2.18. The van der Waals surface area contributed by atoms with Crippen molar-refractivity contribution in [3.63, 3.8) is 0 Å². The third-order valence-electron chi connectivity index (χ3n) is 2.46. The molecule has 1 heterocycles. The van der Waals surface area contributed by atoms with Crippen LogP contribution >= 0.6 is 0 Å². The molecule has 7 nitrogen and oxygen atoms in total. The molecule has 1 aromatic carbocycles. The summed E-state index contributed by atoms with van der Waals surface area (Å²) in [7, 11) is 1.38. The van der Waals surface area contributed by atoms with E-state index in [1.807, 2.05) is 0 Å². The number of carbonyl (C=O) groups excluding carboxylic acids is 1. The van der Waals surface area contributed by atoms with Crippen LogP contribution in [0, 0.1) is 5.82 Å². The molecule has 0 atom stereocenters. The van der Waals surface area contributed by atoms with E-state index in [9.17, 15) is 9.18 Å². The minimum atomic E-state index is -0.494. The largest absolute Gasteiger partial charge is 0.494 e. The van der Waals surface area contributed by atoms with Gasteiger partial charge in [-0.3, -0.25) is 4.79 Å². The Morgan fingerprint density at radius 3 is 2.70 bits per heavy atom. The number of aromatic nitrogens is 2. The maximum absolute atomic E-state index is 13.0. The van der Waals surface area contributed by atoms with E-state index in [1.165, 1.54) is 37.4 Å². The Bertz CT molecular complexity index is 618. The number of halogens is 1. The average molecular weight is 277 g/mol. The number of carbonyl (C=O) groups is 1. The zero-order valence-electron chi connectivity index (χ0n) is 10.6. The summed E-state index contributed by atoms with van der Waals surface area (Å²) in [6.45, 7) is 0. The van der Waals surface area contributed by atoms with Gasteiger partial charge >= 0.3 is 0 Å². The topological polar surface area (TPSA) is 102 Å². The highest BCUT2D eigenvalue weighted by molar-refractivity contribution is 6.03. The van der Waals surface area contributed by atoms with E-state index >= 15 is 0 Å². The van der Waals surface area contributed by atoms with Gasteiger partial charge < -0.3 is 15.5 Å². The highest BCUT2D eigenvalue weighted by Gasteiger charge is 2.12. The van der Waals surface area contributed by atoms with Crippen molar-refractivity contribution < 1.29 is 13.9 Å². The number of nitrogens with two attached hydrogens (primary N) is 1. The summed E-state index contributed by atoms with van der Waals surface area (Å²) in [5.74, 6) is 4.74. The zero-order chi connectivity index (χ0) is 14.5. The Kier molecular flexibility index (Phi) is 4.06. The normalized spacial score (nSPS) is 9.95. The Morgan fingerprint density at radius 1 is 1.30 bits per heavy atom. The molecular formula is C12H12FN5O2. The number of nitrogens with zero attached hydrogens (tertiary/aromatic N) is 2. The summed E-state index contributed by atoms with van der Waals surface area (Å²) in [6.07, 6.45) is 0. The summed E-state index contributed by atoms with van der Waals surface area (Å²) < 4.78 is 18.0. The molecule has 0 fully saturated rings. The van der Waals surface area contributed by atoms with Crippen LogP contribution < -0.4 is 21.3 Å². The molecule has 4 N–H and O–H groups in total. The van der Waals surface area contributed by atoms with Crippen molar-refractivity contribution >= 4 is 17.4 Å². The maximum atomic E-state index is 13.0. The lowest BCUT2D eigenvalue weighted by atomic mass is 10.2. The molecule has 0 unspecified atom stereocenters. The number of nitrogen functional groups attached to an aromatic ring is 1. The van der Waals surface area contributed by atoms with Crippen molar-refractivity contribution in [3.05, 3.63) is 41.8 Å². The van der Waals surface area contributed by atoms with Gasteiger partial charge in [-0.05, 0) is 24.3 Å². The smallest absolute Gasteiger partial charge is 0.276 e. The van der Waals surface area contributed by atoms with Gasteiger partial charge in [-0.15, -0.1) is 10.2 Å². The van der Waals surface area contributed by atoms with E-state index in [-0.39, 0.29) is 11.4 Å². The summed E-state index contributed by atoms with van der Waals surface area (Å²) in [6, 6.07) is 6.74. The lowest BCUT2D eigenvalue weighted by Crippen LogP contribution is -2.16. The third kappa shape index (κ3) is 2.98. The maximum Gasteiger partial charge on any atom is 0.276 e. The van der Waals surface area contributed by atoms with E-state index in [2.05, 4.69) is 20.9 Å². The first-order valence-electron chi connectivity index (χ1n) is 5.59. The number of amides is 1. The van der Waals surface area contributed by atoms with Crippen molar-refractivity contribution in [1.29, 1.82) is 0 Å². The second kappa shape index (κ2) is 5.93. The third-order valence-corrected chi connectivity index (χ3v) is 2.46. The van der Waals surface area contributed by atoms with Crippen LogP contribution in [-0.2, 0) is 0 Å². The van der Waals surface area contributed by atoms with Gasteiger partial charge in [-0.1, -0.05) is 0 Å². The van der Waals surface area contributed by atoms with Gasteiger partial charge in [0.05, 0.1) is 12.8 Å². The molecule has 1 amide bonds. The molecule has 8 heteroatoms. The van der Waals surface area contributed by atoms with Crippen LogP contribution in [0.1, 0.15) is 10.5 Å². The molecule has 2 aromatic rings. The van der Waals surface area contributed by atoms with Gasteiger partial charge in [-0.2, -0.15) is 0 Å². The second-order valence-corrected chi connectivity index (χ2v) is 3.75. The number of ether oxygens (including phenoxy) is 1. The summed E-state index contributed by atoms with van der Waals surface area (Å²) in [5, 5.41) is 9.94. The van der Waals surface area contributed by atoms with Gasteiger partial charge in [0.15, 0.2) is 11.5 Å². The monoisotopic (exact) mass is 277 g/mol. The fourth-order valence-corrected chi connectivity index (χ4v) is 1.49. The number of hydrogen-bond acceptors (Lipinski definition) is 6. The highest BCUT2D eigenvalue weighted by Crippen LogP contribution is 2.25. The fraction of sp³-hybridized carbons (Fsp3) is 0.0833. The van der Waals surface area contributed by atoms with Crippen LogP contribution in [0.3, 0.4) is 0 Å². The van der Waals surface area contributed by atoms with Crippen LogP contribution in [0.5, 0.6) is 5.75 Å². The average Bonchev–Trinajstić information content (AvgIpc) is 2.49. The molecule has 0 bridgehead atoms. The van der Waals surface area contributed by atoms with Gasteiger partial charge in [0.25, 0.3) is 5.91 Å². The SMILES string of the molecule is COc1cc(F)ccc1NC(=O)c1ccc(NN)nn1. The van der Waals surface area contributed by atoms with Crippen molar-refractivity contribution in [2.75, 3.05) is 17.9 Å². The van der Waals surface area contributed by atoms with Crippen molar-refractivity contribution in [2.45, 2.75) is 0 Å².